The molecule has 0 bridgehead atoms. The number of carbonyl (C=O) groups excluding carboxylic acids is 2. The number of para-hydroxylation sites is 1. The van der Waals surface area contributed by atoms with Crippen molar-refractivity contribution in [2.45, 2.75) is 45.1 Å². The minimum absolute atomic E-state index is 0.0328. The molecule has 152 valence electrons. The van der Waals surface area contributed by atoms with Gasteiger partial charge < -0.3 is 4.57 Å². The number of aromatic nitrogens is 1. The number of nitrogens with one attached hydrogen (secondary N) is 1. The fourth-order valence-electron chi connectivity index (χ4n) is 3.65. The lowest BCUT2D eigenvalue weighted by molar-refractivity contribution is -0.132. The van der Waals surface area contributed by atoms with Crippen molar-refractivity contribution in [2.75, 3.05) is 0 Å². The first-order valence-electron chi connectivity index (χ1n) is 9.86. The number of unbranched alkanes of at least 4 members (excludes halogenated alkanes) is 2. The fourth-order valence-corrected chi connectivity index (χ4v) is 3.77. The van der Waals surface area contributed by atoms with Crippen LogP contribution >= 0.6 is 11.6 Å². The SMILES string of the molecule is CCCCCC(C(=O)NO)n1ccc2cccc(C(=O)Cc3ccc(Cl)cc3)c21. The summed E-state index contributed by atoms with van der Waals surface area (Å²) in [5.41, 5.74) is 3.94. The molecule has 2 N–H and O–H groups in total. The average Bonchev–Trinajstić information content (AvgIpc) is 3.16. The summed E-state index contributed by atoms with van der Waals surface area (Å²) in [5, 5.41) is 10.8. The number of hydrogen-bond donors (Lipinski definition) is 2. The summed E-state index contributed by atoms with van der Waals surface area (Å²) in [6.45, 7) is 2.10. The van der Waals surface area contributed by atoms with Gasteiger partial charge in [-0.25, -0.2) is 5.48 Å². The Kier molecular flexibility index (Phi) is 7.07. The Morgan fingerprint density at radius 1 is 1.10 bits per heavy atom. The predicted octanol–water partition coefficient (Wildman–Crippen LogP) is 5.35. The van der Waals surface area contributed by atoms with Gasteiger partial charge in [0.2, 0.25) is 0 Å². The molecule has 1 heterocycles. The number of amides is 1. The molecule has 5 nitrogen and oxygen atoms in total. The minimum atomic E-state index is -0.575. The van der Waals surface area contributed by atoms with Gasteiger partial charge in [-0.2, -0.15) is 0 Å². The van der Waals surface area contributed by atoms with Crippen LogP contribution in [0.25, 0.3) is 10.9 Å². The van der Waals surface area contributed by atoms with Gasteiger partial charge in [0, 0.05) is 28.6 Å². The quantitative estimate of drug-likeness (QED) is 0.215. The smallest absolute Gasteiger partial charge is 0.266 e. The Balaban J connectivity index is 1.98. The number of Topliss-reactive ketones (excluding diaryl/α,β-unsaturated/α-hetero) is 1. The second-order valence-corrected chi connectivity index (χ2v) is 7.62. The summed E-state index contributed by atoms with van der Waals surface area (Å²) in [7, 11) is 0. The molecule has 1 atom stereocenters. The van der Waals surface area contributed by atoms with Crippen LogP contribution in [0.4, 0.5) is 0 Å². The van der Waals surface area contributed by atoms with E-state index in [2.05, 4.69) is 6.92 Å². The highest BCUT2D eigenvalue weighted by molar-refractivity contribution is 6.30. The van der Waals surface area contributed by atoms with Crippen LogP contribution in [0.2, 0.25) is 5.02 Å². The van der Waals surface area contributed by atoms with Gasteiger partial charge in [0.25, 0.3) is 5.91 Å². The monoisotopic (exact) mass is 412 g/mol. The molecule has 2 aromatic carbocycles. The van der Waals surface area contributed by atoms with E-state index in [1.165, 1.54) is 0 Å². The van der Waals surface area contributed by atoms with Gasteiger partial charge in [0.05, 0.1) is 5.52 Å². The molecule has 6 heteroatoms. The predicted molar refractivity (Wildman–Crippen MR) is 115 cm³/mol. The zero-order chi connectivity index (χ0) is 20.8. The summed E-state index contributed by atoms with van der Waals surface area (Å²) < 4.78 is 1.81. The van der Waals surface area contributed by atoms with Crippen molar-refractivity contribution in [3.63, 3.8) is 0 Å². The van der Waals surface area contributed by atoms with E-state index in [1.54, 1.807) is 23.7 Å². The van der Waals surface area contributed by atoms with Crippen molar-refractivity contribution in [1.29, 1.82) is 0 Å². The highest BCUT2D eigenvalue weighted by Crippen LogP contribution is 2.28. The fraction of sp³-hybridized carbons (Fsp3) is 0.304. The van der Waals surface area contributed by atoms with Gasteiger partial charge in [-0.15, -0.1) is 0 Å². The second kappa shape index (κ2) is 9.72. The Labute approximate surface area is 175 Å². The molecule has 0 saturated carbocycles. The molecule has 0 aliphatic rings. The molecule has 1 amide bonds. The first-order chi connectivity index (χ1) is 14.0. The summed E-state index contributed by atoms with van der Waals surface area (Å²) in [6.07, 6.45) is 5.53. The number of fused-ring (bicyclic) bond motifs is 1. The van der Waals surface area contributed by atoms with Crippen LogP contribution < -0.4 is 5.48 Å². The molecule has 0 aliphatic heterocycles. The van der Waals surface area contributed by atoms with Gasteiger partial charge in [0.1, 0.15) is 6.04 Å². The van der Waals surface area contributed by atoms with Crippen molar-refractivity contribution in [3.8, 4) is 0 Å². The van der Waals surface area contributed by atoms with E-state index in [0.29, 0.717) is 17.0 Å². The minimum Gasteiger partial charge on any atom is -0.334 e. The number of rotatable bonds is 9. The van der Waals surface area contributed by atoms with E-state index < -0.39 is 11.9 Å². The van der Waals surface area contributed by atoms with E-state index >= 15 is 0 Å². The maximum Gasteiger partial charge on any atom is 0.266 e. The number of carbonyl (C=O) groups is 2. The highest BCUT2D eigenvalue weighted by Gasteiger charge is 2.23. The van der Waals surface area contributed by atoms with Crippen molar-refractivity contribution in [3.05, 3.63) is 70.9 Å². The van der Waals surface area contributed by atoms with E-state index in [0.717, 1.165) is 35.7 Å². The van der Waals surface area contributed by atoms with Crippen molar-refractivity contribution < 1.29 is 14.8 Å². The van der Waals surface area contributed by atoms with Gasteiger partial charge in [-0.3, -0.25) is 14.8 Å². The topological polar surface area (TPSA) is 71.3 Å². The van der Waals surface area contributed by atoms with E-state index in [4.69, 9.17) is 11.6 Å². The molecule has 0 saturated heterocycles. The lowest BCUT2D eigenvalue weighted by atomic mass is 10.0. The normalized spacial score (nSPS) is 12.1. The summed E-state index contributed by atoms with van der Waals surface area (Å²) in [4.78, 5) is 25.5. The maximum absolute atomic E-state index is 13.1. The largest absolute Gasteiger partial charge is 0.334 e. The first-order valence-corrected chi connectivity index (χ1v) is 10.2. The lowest BCUT2D eigenvalue weighted by Gasteiger charge is -2.19. The molecular weight excluding hydrogens is 388 g/mol. The third-order valence-electron chi connectivity index (χ3n) is 5.15. The number of hydroxylamine groups is 1. The first kappa shape index (κ1) is 21.1. The van der Waals surface area contributed by atoms with Crippen LogP contribution in [0.3, 0.4) is 0 Å². The van der Waals surface area contributed by atoms with Crippen LogP contribution in [0, 0.1) is 0 Å². The maximum atomic E-state index is 13.1. The number of halogens is 1. The average molecular weight is 413 g/mol. The Morgan fingerprint density at radius 3 is 2.55 bits per heavy atom. The van der Waals surface area contributed by atoms with Crippen LogP contribution in [-0.2, 0) is 11.2 Å². The molecule has 3 aromatic rings. The number of nitrogens with zero attached hydrogens (tertiary/aromatic N) is 1. The van der Waals surface area contributed by atoms with Crippen molar-refractivity contribution in [1.82, 2.24) is 10.0 Å². The third kappa shape index (κ3) is 4.86. The molecule has 3 rings (SSSR count). The van der Waals surface area contributed by atoms with Crippen LogP contribution in [0.15, 0.2) is 54.7 Å². The van der Waals surface area contributed by atoms with Gasteiger partial charge in [0.15, 0.2) is 5.78 Å². The summed E-state index contributed by atoms with van der Waals surface area (Å²) in [5.74, 6) is -0.506. The molecular formula is C23H25ClN2O3. The Morgan fingerprint density at radius 2 is 1.86 bits per heavy atom. The molecule has 29 heavy (non-hydrogen) atoms. The zero-order valence-electron chi connectivity index (χ0n) is 16.4. The number of benzene rings is 2. The molecule has 0 radical (unpaired) electrons. The van der Waals surface area contributed by atoms with Gasteiger partial charge in [-0.1, -0.05) is 62.1 Å². The second-order valence-electron chi connectivity index (χ2n) is 7.18. The number of ketones is 1. The van der Waals surface area contributed by atoms with E-state index in [1.807, 2.05) is 41.1 Å². The molecule has 1 unspecified atom stereocenters. The van der Waals surface area contributed by atoms with E-state index in [9.17, 15) is 14.8 Å². The van der Waals surface area contributed by atoms with Crippen molar-refractivity contribution >= 4 is 34.2 Å². The summed E-state index contributed by atoms with van der Waals surface area (Å²) in [6, 6.07) is 14.1. The Bertz CT molecular complexity index is 995. The van der Waals surface area contributed by atoms with E-state index in [-0.39, 0.29) is 12.2 Å². The van der Waals surface area contributed by atoms with Gasteiger partial charge >= 0.3 is 0 Å². The zero-order valence-corrected chi connectivity index (χ0v) is 17.2. The third-order valence-corrected chi connectivity index (χ3v) is 5.40. The van der Waals surface area contributed by atoms with Crippen LogP contribution in [-0.4, -0.2) is 21.5 Å². The Hall–Kier alpha value is -2.63. The molecule has 0 aliphatic carbocycles. The van der Waals surface area contributed by atoms with Crippen LogP contribution in [0.1, 0.15) is 54.6 Å². The lowest BCUT2D eigenvalue weighted by Crippen LogP contribution is -2.30. The van der Waals surface area contributed by atoms with Crippen LogP contribution in [0.5, 0.6) is 0 Å². The number of hydrogen-bond acceptors (Lipinski definition) is 3. The molecule has 0 spiro atoms. The van der Waals surface area contributed by atoms with Gasteiger partial charge in [-0.05, 0) is 36.2 Å². The molecule has 0 fully saturated rings. The highest BCUT2D eigenvalue weighted by atomic mass is 35.5. The standard InChI is InChI=1S/C23H25ClN2O3/c1-2-3-4-8-20(23(28)25-29)26-14-13-17-6-5-7-19(22(17)26)21(27)15-16-9-11-18(24)12-10-16/h5-7,9-14,20,29H,2-4,8,15H2,1H3,(H,25,28). The summed E-state index contributed by atoms with van der Waals surface area (Å²) >= 11 is 5.93. The van der Waals surface area contributed by atoms with Crippen molar-refractivity contribution in [2.24, 2.45) is 0 Å². The molecule has 1 aromatic heterocycles.